The monoisotopic (exact) mass is 608 g/mol. The lowest BCUT2D eigenvalue weighted by Crippen LogP contribution is -2.53. The predicted octanol–water partition coefficient (Wildman–Crippen LogP) is 6.85. The maximum Gasteiger partial charge on any atom is 0.411 e. The number of urea groups is 1. The fourth-order valence-electron chi connectivity index (χ4n) is 5.58. The van der Waals surface area contributed by atoms with E-state index in [1.165, 1.54) is 7.11 Å². The number of aromatic nitrogens is 2. The highest BCUT2D eigenvalue weighted by atomic mass is 35.5. The summed E-state index contributed by atoms with van der Waals surface area (Å²) in [6, 6.07) is 3.85. The predicted molar refractivity (Wildman–Crippen MR) is 163 cm³/mol. The Morgan fingerprint density at radius 1 is 1.19 bits per heavy atom. The molecular weight excluding hydrogens is 575 g/mol. The van der Waals surface area contributed by atoms with Crippen LogP contribution in [0, 0.1) is 0 Å². The number of aromatic amines is 1. The van der Waals surface area contributed by atoms with E-state index in [0.717, 1.165) is 12.0 Å². The number of nitrogens with zero attached hydrogens (tertiary/aromatic N) is 2. The van der Waals surface area contributed by atoms with Crippen molar-refractivity contribution in [1.29, 1.82) is 0 Å². The second kappa shape index (κ2) is 13.3. The van der Waals surface area contributed by atoms with Crippen LogP contribution in [0.15, 0.2) is 70.7 Å². The molecule has 0 saturated carbocycles. The van der Waals surface area contributed by atoms with Crippen LogP contribution in [-0.4, -0.2) is 52.6 Å². The third-order valence-corrected chi connectivity index (χ3v) is 8.08. The highest BCUT2D eigenvalue weighted by molar-refractivity contribution is 6.31. The number of rotatable bonds is 3. The number of benzene rings is 1. The highest BCUT2D eigenvalue weighted by Crippen LogP contribution is 2.36. The van der Waals surface area contributed by atoms with E-state index in [2.05, 4.69) is 30.7 Å². The first kappa shape index (κ1) is 30.1. The molecule has 0 radical (unpaired) electrons. The molecule has 3 heterocycles. The molecule has 226 valence electrons. The molecule has 2 atom stereocenters. The van der Waals surface area contributed by atoms with Crippen LogP contribution in [0.5, 0.6) is 0 Å². The molecule has 0 spiro atoms. The molecule has 43 heavy (non-hydrogen) atoms. The van der Waals surface area contributed by atoms with Crippen LogP contribution in [0.1, 0.15) is 57.3 Å². The SMILES string of the molecule is COC(=O)Nc1ccc2c(c1)NC(=O)CCC=CCC(N1CCC(C3=C(C)CCC=CC(Cl)=C3F)NC1=O)c1ncc-2[nH]1. The zero-order valence-corrected chi connectivity index (χ0v) is 24.8. The highest BCUT2D eigenvalue weighted by Gasteiger charge is 2.35. The lowest BCUT2D eigenvalue weighted by Gasteiger charge is -2.38. The first-order valence-corrected chi connectivity index (χ1v) is 14.6. The Hall–Kier alpha value is -4.38. The zero-order valence-electron chi connectivity index (χ0n) is 24.0. The van der Waals surface area contributed by atoms with Crippen LogP contribution in [0.25, 0.3) is 11.3 Å². The number of hydrogen-bond acceptors (Lipinski definition) is 5. The first-order valence-electron chi connectivity index (χ1n) is 14.2. The molecule has 1 saturated heterocycles. The number of imidazole rings is 1. The Labute approximate surface area is 254 Å². The molecule has 2 bridgehead atoms. The quantitative estimate of drug-likeness (QED) is 0.283. The van der Waals surface area contributed by atoms with Crippen LogP contribution in [0.2, 0.25) is 0 Å². The Balaban J connectivity index is 1.43. The third kappa shape index (κ3) is 6.83. The van der Waals surface area contributed by atoms with Crippen molar-refractivity contribution >= 4 is 41.0 Å². The number of carbonyl (C=O) groups excluding carboxylic acids is 3. The molecule has 10 nitrogen and oxygen atoms in total. The molecule has 4 N–H and O–H groups in total. The van der Waals surface area contributed by atoms with Gasteiger partial charge in [0, 0.05) is 29.8 Å². The summed E-state index contributed by atoms with van der Waals surface area (Å²) in [5.41, 5.74) is 3.54. The number of nitrogens with one attached hydrogen (secondary N) is 4. The van der Waals surface area contributed by atoms with Crippen LogP contribution < -0.4 is 16.0 Å². The Morgan fingerprint density at radius 2 is 2.00 bits per heavy atom. The van der Waals surface area contributed by atoms with Crippen LogP contribution in [0.3, 0.4) is 0 Å². The number of amides is 4. The molecule has 1 fully saturated rings. The normalized spacial score (nSPS) is 21.4. The Morgan fingerprint density at radius 3 is 2.79 bits per heavy atom. The van der Waals surface area contributed by atoms with Crippen LogP contribution in [-0.2, 0) is 9.53 Å². The minimum atomic E-state index is -0.630. The van der Waals surface area contributed by atoms with Gasteiger partial charge in [0.15, 0.2) is 0 Å². The van der Waals surface area contributed by atoms with Crippen LogP contribution in [0.4, 0.5) is 25.4 Å². The summed E-state index contributed by atoms with van der Waals surface area (Å²) in [5.74, 6) is -0.114. The fraction of sp³-hybridized carbons (Fsp3) is 0.355. The van der Waals surface area contributed by atoms with Crippen molar-refractivity contribution in [1.82, 2.24) is 20.2 Å². The van der Waals surface area contributed by atoms with Gasteiger partial charge in [0.1, 0.15) is 11.7 Å². The van der Waals surface area contributed by atoms with Gasteiger partial charge >= 0.3 is 12.1 Å². The molecule has 1 aromatic heterocycles. The van der Waals surface area contributed by atoms with Gasteiger partial charge in [-0.05, 0) is 63.3 Å². The number of halogens is 2. The second-order valence-electron chi connectivity index (χ2n) is 10.6. The number of ether oxygens (including phenoxy) is 1. The summed E-state index contributed by atoms with van der Waals surface area (Å²) < 4.78 is 20.0. The lowest BCUT2D eigenvalue weighted by molar-refractivity contribution is -0.116. The smallest absolute Gasteiger partial charge is 0.411 e. The molecule has 4 amide bonds. The number of allylic oxidation sites excluding steroid dienone is 5. The molecule has 1 aliphatic carbocycles. The minimum absolute atomic E-state index is 0.0377. The van der Waals surface area contributed by atoms with Crippen molar-refractivity contribution in [2.24, 2.45) is 0 Å². The number of fused-ring (bicyclic) bond motifs is 4. The zero-order chi connectivity index (χ0) is 30.5. The lowest BCUT2D eigenvalue weighted by atomic mass is 9.92. The largest absolute Gasteiger partial charge is 0.453 e. The Bertz CT molecular complexity index is 1540. The van der Waals surface area contributed by atoms with E-state index in [4.69, 9.17) is 11.6 Å². The van der Waals surface area contributed by atoms with Gasteiger partial charge in [0.25, 0.3) is 0 Å². The summed E-state index contributed by atoms with van der Waals surface area (Å²) in [4.78, 5) is 47.7. The summed E-state index contributed by atoms with van der Waals surface area (Å²) >= 11 is 6.21. The number of H-pyrrole nitrogens is 1. The van der Waals surface area contributed by atoms with E-state index >= 15 is 4.39 Å². The van der Waals surface area contributed by atoms with Gasteiger partial charge in [-0.2, -0.15) is 0 Å². The summed E-state index contributed by atoms with van der Waals surface area (Å²) in [6.45, 7) is 2.26. The third-order valence-electron chi connectivity index (χ3n) is 7.79. The number of anilines is 2. The Kier molecular flexibility index (Phi) is 9.30. The van der Waals surface area contributed by atoms with Crippen molar-refractivity contribution in [2.75, 3.05) is 24.3 Å². The molecule has 2 aromatic rings. The molecule has 1 aromatic carbocycles. The topological polar surface area (TPSA) is 128 Å². The molecule has 12 heteroatoms. The van der Waals surface area contributed by atoms with Gasteiger partial charge in [-0.25, -0.2) is 19.0 Å². The van der Waals surface area contributed by atoms with Crippen molar-refractivity contribution in [2.45, 2.75) is 57.5 Å². The maximum atomic E-state index is 15.3. The molecule has 5 rings (SSSR count). The minimum Gasteiger partial charge on any atom is -0.453 e. The molecule has 2 unspecified atom stereocenters. The summed E-state index contributed by atoms with van der Waals surface area (Å²) in [6.07, 6.45) is 11.4. The summed E-state index contributed by atoms with van der Waals surface area (Å²) in [5, 5.41) is 8.59. The fourth-order valence-corrected chi connectivity index (χ4v) is 5.77. The van der Waals surface area contributed by atoms with Gasteiger partial charge in [-0.15, -0.1) is 0 Å². The van der Waals surface area contributed by atoms with Gasteiger partial charge in [0.2, 0.25) is 5.91 Å². The van der Waals surface area contributed by atoms with E-state index < -0.39 is 24.0 Å². The first-order chi connectivity index (χ1) is 20.7. The average Bonchev–Trinajstić information content (AvgIpc) is 3.46. The second-order valence-corrected chi connectivity index (χ2v) is 11.1. The van der Waals surface area contributed by atoms with E-state index in [0.29, 0.717) is 66.3 Å². The van der Waals surface area contributed by atoms with Gasteiger partial charge < -0.3 is 25.3 Å². The van der Waals surface area contributed by atoms with Crippen molar-refractivity contribution in [3.05, 3.63) is 76.5 Å². The summed E-state index contributed by atoms with van der Waals surface area (Å²) in [7, 11) is 1.27. The molecule has 3 aliphatic rings. The van der Waals surface area contributed by atoms with Gasteiger partial charge in [-0.1, -0.05) is 35.4 Å². The van der Waals surface area contributed by atoms with Gasteiger partial charge in [-0.3, -0.25) is 10.1 Å². The van der Waals surface area contributed by atoms with E-state index in [1.807, 2.05) is 25.2 Å². The van der Waals surface area contributed by atoms with Crippen molar-refractivity contribution in [3.8, 4) is 11.3 Å². The molecular formula is C31H34ClFN6O4. The number of hydrogen-bond donors (Lipinski definition) is 4. The van der Waals surface area contributed by atoms with Crippen molar-refractivity contribution < 1.29 is 23.5 Å². The van der Waals surface area contributed by atoms with E-state index in [1.54, 1.807) is 35.4 Å². The van der Waals surface area contributed by atoms with E-state index in [-0.39, 0.29) is 23.4 Å². The van der Waals surface area contributed by atoms with Crippen molar-refractivity contribution in [3.63, 3.8) is 0 Å². The molecule has 2 aliphatic heterocycles. The number of methoxy groups -OCH3 is 1. The standard InChI is InChI=1S/C31H34ClFN6O4/c1-18-8-6-7-9-21(32)28(33)27(18)22-14-15-39(30(41)38-22)25-10-4-3-5-11-26(40)36-23-16-19(35-31(42)43-2)12-13-20(23)24-17-34-29(25)37-24/h3-4,7,9,12-13,16-17,22,25H,5-6,8,10-11,14-15H2,1-2H3,(H,34,37)(H,35,42)(H,36,40)(H,38,41). The number of carbonyl (C=O) groups is 3. The van der Waals surface area contributed by atoms with E-state index in [9.17, 15) is 14.4 Å². The average molecular weight is 609 g/mol. The maximum absolute atomic E-state index is 15.3. The van der Waals surface area contributed by atoms with Crippen LogP contribution >= 0.6 is 11.6 Å². The van der Waals surface area contributed by atoms with Gasteiger partial charge in [0.05, 0.1) is 41.8 Å².